The average Bonchev–Trinajstić information content (AvgIpc) is 2.98. The molecule has 8 aliphatic rings. The molecule has 8 bridgehead atoms. The summed E-state index contributed by atoms with van der Waals surface area (Å²) in [5.41, 5.74) is 5.70. The average molecular weight is 593 g/mol. The van der Waals surface area contributed by atoms with Crippen LogP contribution >= 0.6 is 15.8 Å². The van der Waals surface area contributed by atoms with Gasteiger partial charge in [-0.25, -0.2) is 0 Å². The fraction of sp³-hybridized carbons (Fsp3) is 0.579. The lowest BCUT2D eigenvalue weighted by atomic mass is 9.55. The molecule has 3 aromatic rings. The van der Waals surface area contributed by atoms with Gasteiger partial charge in [-0.1, -0.05) is 44.3 Å². The van der Waals surface area contributed by atoms with Crippen LogP contribution in [0.5, 0.6) is 0 Å². The molecule has 0 saturated heterocycles. The second kappa shape index (κ2) is 10.5. The summed E-state index contributed by atoms with van der Waals surface area (Å²) >= 11 is 0. The summed E-state index contributed by atoms with van der Waals surface area (Å²) in [4.78, 5) is 9.78. The van der Waals surface area contributed by atoms with E-state index in [1.165, 1.54) is 17.0 Å². The van der Waals surface area contributed by atoms with Gasteiger partial charge in [-0.3, -0.25) is 9.97 Å². The Morgan fingerprint density at radius 3 is 1.26 bits per heavy atom. The van der Waals surface area contributed by atoms with E-state index < -0.39 is 7.92 Å². The van der Waals surface area contributed by atoms with E-state index >= 15 is 0 Å². The van der Waals surface area contributed by atoms with Crippen LogP contribution in [0.2, 0.25) is 0 Å². The van der Waals surface area contributed by atoms with Crippen molar-refractivity contribution in [2.45, 2.75) is 99.7 Å². The molecular formula is C38H46N2P2. The molecule has 8 saturated carbocycles. The number of hydrogen-bond acceptors (Lipinski definition) is 2. The Balaban J connectivity index is 1.11. The smallest absolute Gasteiger partial charge is 0.0695 e. The lowest BCUT2D eigenvalue weighted by molar-refractivity contribution is 0.0184. The number of benzene rings is 1. The summed E-state index contributed by atoms with van der Waals surface area (Å²) in [5.74, 6) is 6.29. The molecule has 1 aromatic carbocycles. The maximum atomic E-state index is 4.89. The highest BCUT2D eigenvalue weighted by Gasteiger charge is 2.62. The quantitative estimate of drug-likeness (QED) is 0.244. The van der Waals surface area contributed by atoms with Gasteiger partial charge in [0.15, 0.2) is 0 Å². The molecule has 2 nitrogen and oxygen atoms in total. The zero-order chi connectivity index (χ0) is 27.7. The van der Waals surface area contributed by atoms with Crippen molar-refractivity contribution >= 4 is 26.7 Å². The molecule has 2 aromatic heterocycles. The van der Waals surface area contributed by atoms with Gasteiger partial charge in [-0.15, -0.1) is 0 Å². The minimum Gasteiger partial charge on any atom is -0.256 e. The predicted octanol–water partition coefficient (Wildman–Crippen LogP) is 9.03. The summed E-state index contributed by atoms with van der Waals surface area (Å²) in [5, 5.41) is 1.35. The molecule has 0 atom stereocenters. The second-order valence-corrected chi connectivity index (χ2v) is 20.8. The molecule has 8 aliphatic carbocycles. The second-order valence-electron chi connectivity index (χ2n) is 15.6. The molecule has 0 N–H and O–H groups in total. The minimum absolute atomic E-state index is 0.0589. The zero-order valence-electron chi connectivity index (χ0n) is 25.1. The molecule has 4 heteroatoms. The monoisotopic (exact) mass is 592 g/mol. The van der Waals surface area contributed by atoms with E-state index in [-0.39, 0.29) is 7.92 Å². The van der Waals surface area contributed by atoms with E-state index in [1.807, 2.05) is 24.5 Å². The molecule has 0 aliphatic heterocycles. The number of pyridine rings is 2. The van der Waals surface area contributed by atoms with Crippen LogP contribution in [0, 0.1) is 35.5 Å². The predicted molar refractivity (Wildman–Crippen MR) is 177 cm³/mol. The van der Waals surface area contributed by atoms with Gasteiger partial charge in [0.2, 0.25) is 0 Å². The van der Waals surface area contributed by atoms with Gasteiger partial charge in [-0.05, 0) is 164 Å². The highest BCUT2D eigenvalue weighted by Crippen LogP contribution is 2.79. The van der Waals surface area contributed by atoms with Crippen LogP contribution in [-0.2, 0) is 12.3 Å². The van der Waals surface area contributed by atoms with Gasteiger partial charge >= 0.3 is 0 Å². The summed E-state index contributed by atoms with van der Waals surface area (Å²) in [6.45, 7) is 0. The molecule has 42 heavy (non-hydrogen) atoms. The first-order valence-electron chi connectivity index (χ1n) is 17.1. The third kappa shape index (κ3) is 4.65. The SMILES string of the molecule is c1ccc(P(Cc2ccccc2CP(C23CC4CC(CC(C4)C2)C3)C23CC4CC(CC(C4)C2)C3)c2ccccn2)nc1. The zero-order valence-corrected chi connectivity index (χ0v) is 26.9. The van der Waals surface area contributed by atoms with Crippen LogP contribution in [0.25, 0.3) is 0 Å². The highest BCUT2D eigenvalue weighted by atomic mass is 31.1. The highest BCUT2D eigenvalue weighted by molar-refractivity contribution is 7.71. The van der Waals surface area contributed by atoms with Crippen molar-refractivity contribution in [3.05, 3.63) is 84.2 Å². The van der Waals surface area contributed by atoms with Crippen molar-refractivity contribution in [1.29, 1.82) is 0 Å². The normalized spacial score (nSPS) is 38.3. The molecule has 0 spiro atoms. The van der Waals surface area contributed by atoms with Gasteiger partial charge in [-0.2, -0.15) is 0 Å². The van der Waals surface area contributed by atoms with Crippen LogP contribution in [0.15, 0.2) is 73.1 Å². The first-order valence-corrected chi connectivity index (χ1v) is 20.1. The van der Waals surface area contributed by atoms with Crippen LogP contribution in [0.4, 0.5) is 0 Å². The summed E-state index contributed by atoms with van der Waals surface area (Å²) in [6, 6.07) is 22.6. The first kappa shape index (κ1) is 26.8. The number of nitrogens with zero attached hydrogens (tertiary/aromatic N) is 2. The standard InChI is InChI=1S/C38H46N2P2/c1-2-8-34(33(7-1)25-41(35-9-3-5-11-39-35)36-10-4-6-12-40-36)26-42(37-19-27-13-28(20-37)15-29(14-27)21-37)38-22-30-16-31(23-38)18-32(17-30)24-38/h1-12,27-32H,13-26H2. The third-order valence-electron chi connectivity index (χ3n) is 12.8. The van der Waals surface area contributed by atoms with Crippen LogP contribution in [0.3, 0.4) is 0 Å². The topological polar surface area (TPSA) is 25.8 Å². The Kier molecular flexibility index (Phi) is 6.68. The summed E-state index contributed by atoms with van der Waals surface area (Å²) in [7, 11) is -0.696. The number of rotatable bonds is 8. The molecule has 8 fully saturated rings. The Morgan fingerprint density at radius 2 is 0.881 bits per heavy atom. The van der Waals surface area contributed by atoms with E-state index in [1.54, 1.807) is 88.2 Å². The Labute approximate surface area is 255 Å². The number of aromatic nitrogens is 2. The van der Waals surface area contributed by atoms with E-state index in [4.69, 9.17) is 9.97 Å². The van der Waals surface area contributed by atoms with E-state index in [0.717, 1.165) is 41.7 Å². The largest absolute Gasteiger partial charge is 0.256 e. The van der Waals surface area contributed by atoms with Gasteiger partial charge in [0.1, 0.15) is 0 Å². The van der Waals surface area contributed by atoms with Crippen LogP contribution in [0.1, 0.15) is 88.2 Å². The minimum atomic E-state index is -0.637. The fourth-order valence-corrected chi connectivity index (χ4v) is 19.5. The lowest BCUT2D eigenvalue weighted by Crippen LogP contribution is -2.56. The van der Waals surface area contributed by atoms with Crippen molar-refractivity contribution in [1.82, 2.24) is 9.97 Å². The van der Waals surface area contributed by atoms with Crippen LogP contribution < -0.4 is 10.9 Å². The van der Waals surface area contributed by atoms with E-state index in [0.29, 0.717) is 10.3 Å². The van der Waals surface area contributed by atoms with E-state index in [2.05, 4.69) is 48.5 Å². The van der Waals surface area contributed by atoms with Gasteiger partial charge < -0.3 is 0 Å². The van der Waals surface area contributed by atoms with Crippen molar-refractivity contribution in [3.8, 4) is 0 Å². The van der Waals surface area contributed by atoms with Crippen molar-refractivity contribution in [3.63, 3.8) is 0 Å². The Hall–Kier alpha value is -1.62. The number of hydrogen-bond donors (Lipinski definition) is 0. The fourth-order valence-electron chi connectivity index (χ4n) is 12.1. The van der Waals surface area contributed by atoms with Gasteiger partial charge in [0.05, 0.1) is 10.9 Å². The molecule has 218 valence electrons. The molecule has 0 radical (unpaired) electrons. The van der Waals surface area contributed by atoms with Crippen molar-refractivity contribution < 1.29 is 0 Å². The van der Waals surface area contributed by atoms with Gasteiger partial charge in [0, 0.05) is 26.5 Å². The molecule has 0 unspecified atom stereocenters. The van der Waals surface area contributed by atoms with Crippen LogP contribution in [-0.4, -0.2) is 20.3 Å². The molecule has 0 amide bonds. The molecule has 2 heterocycles. The van der Waals surface area contributed by atoms with Gasteiger partial charge in [0.25, 0.3) is 0 Å². The van der Waals surface area contributed by atoms with E-state index in [9.17, 15) is 0 Å². The third-order valence-corrected chi connectivity index (χ3v) is 19.1. The first-order chi connectivity index (χ1) is 20.6. The summed E-state index contributed by atoms with van der Waals surface area (Å²) < 4.78 is 0. The Morgan fingerprint density at radius 1 is 0.500 bits per heavy atom. The summed E-state index contributed by atoms with van der Waals surface area (Å²) in [6.07, 6.45) is 25.3. The molecular weight excluding hydrogens is 546 g/mol. The van der Waals surface area contributed by atoms with Crippen molar-refractivity contribution in [2.75, 3.05) is 0 Å². The Bertz CT molecular complexity index is 1270. The maximum absolute atomic E-state index is 4.89. The maximum Gasteiger partial charge on any atom is 0.0695 e. The lowest BCUT2D eigenvalue weighted by Gasteiger charge is -2.67. The van der Waals surface area contributed by atoms with Crippen molar-refractivity contribution in [2.24, 2.45) is 35.5 Å². The molecule has 11 rings (SSSR count).